The minimum Gasteiger partial charge on any atom is -0.358 e. The van der Waals surface area contributed by atoms with Gasteiger partial charge in [0.15, 0.2) is 0 Å². The van der Waals surface area contributed by atoms with Crippen LogP contribution in [0.1, 0.15) is 12.0 Å². The zero-order valence-electron chi connectivity index (χ0n) is 18.7. The molecule has 5 rings (SSSR count). The van der Waals surface area contributed by atoms with E-state index in [4.69, 9.17) is 0 Å². The third-order valence-corrected chi connectivity index (χ3v) is 7.40. The average Bonchev–Trinajstić information content (AvgIpc) is 3.29. The number of H-pyrrole nitrogens is 1. The van der Waals surface area contributed by atoms with Gasteiger partial charge < -0.3 is 10.2 Å². The van der Waals surface area contributed by atoms with E-state index in [0.717, 1.165) is 65.4 Å². The van der Waals surface area contributed by atoms with Crippen molar-refractivity contribution in [2.45, 2.75) is 18.1 Å². The van der Waals surface area contributed by atoms with Crippen molar-refractivity contribution in [3.8, 4) is 11.3 Å². The van der Waals surface area contributed by atoms with E-state index >= 15 is 0 Å². The summed E-state index contributed by atoms with van der Waals surface area (Å²) in [6.07, 6.45) is 5.92. The average molecular weight is 456 g/mol. The molecule has 0 aliphatic carbocycles. The minimum absolute atomic E-state index is 0.384. The monoisotopic (exact) mass is 455 g/mol. The first-order valence-electron chi connectivity index (χ1n) is 11.5. The van der Waals surface area contributed by atoms with Crippen LogP contribution in [0.5, 0.6) is 0 Å². The van der Waals surface area contributed by atoms with E-state index in [1.807, 2.05) is 23.9 Å². The molecule has 5 nitrogen and oxygen atoms in total. The van der Waals surface area contributed by atoms with Crippen molar-refractivity contribution in [1.82, 2.24) is 20.1 Å². The van der Waals surface area contributed by atoms with Crippen LogP contribution in [-0.2, 0) is 6.42 Å². The molecule has 0 bridgehead atoms. The molecule has 168 valence electrons. The smallest absolute Gasteiger partial charge is 0.100 e. The van der Waals surface area contributed by atoms with E-state index in [2.05, 4.69) is 80.5 Å². The van der Waals surface area contributed by atoms with Crippen LogP contribution in [-0.4, -0.2) is 50.7 Å². The Bertz CT molecular complexity index is 1210. The second-order valence-electron chi connectivity index (χ2n) is 8.47. The molecule has 0 amide bonds. The van der Waals surface area contributed by atoms with Crippen LogP contribution >= 0.6 is 11.8 Å². The fourth-order valence-electron chi connectivity index (χ4n) is 4.36. The van der Waals surface area contributed by atoms with E-state index in [1.165, 1.54) is 12.0 Å². The number of nitrogens with one attached hydrogen (secondary N) is 2. The number of hydrogen-bond acceptors (Lipinski definition) is 5. The molecule has 6 heteroatoms. The molecule has 1 aliphatic heterocycles. The number of rotatable bonds is 8. The molecular weight excluding hydrogens is 426 g/mol. The van der Waals surface area contributed by atoms with Crippen molar-refractivity contribution in [2.24, 2.45) is 0 Å². The number of aromatic amines is 1. The van der Waals surface area contributed by atoms with Gasteiger partial charge in [-0.15, -0.1) is 11.8 Å². The van der Waals surface area contributed by atoms with E-state index < -0.39 is 0 Å². The SMILES string of the molecule is C=C(Nc1ccc2[nH]nc(-c3ccncc3)c2c1)C1CN(CCCc2ccccc2)CCS1. The quantitative estimate of drug-likeness (QED) is 0.362. The summed E-state index contributed by atoms with van der Waals surface area (Å²) in [6.45, 7) is 7.72. The minimum atomic E-state index is 0.384. The van der Waals surface area contributed by atoms with E-state index in [1.54, 1.807) is 12.4 Å². The number of aromatic nitrogens is 3. The van der Waals surface area contributed by atoms with Gasteiger partial charge in [0.25, 0.3) is 0 Å². The molecule has 1 unspecified atom stereocenters. The third kappa shape index (κ3) is 5.29. The Morgan fingerprint density at radius 1 is 1.12 bits per heavy atom. The van der Waals surface area contributed by atoms with Crippen LogP contribution < -0.4 is 5.32 Å². The van der Waals surface area contributed by atoms with Crippen LogP contribution in [0.2, 0.25) is 0 Å². The summed E-state index contributed by atoms with van der Waals surface area (Å²) in [6, 6.07) is 21.1. The topological polar surface area (TPSA) is 56.8 Å². The Balaban J connectivity index is 1.21. The van der Waals surface area contributed by atoms with Crippen molar-refractivity contribution < 1.29 is 0 Å². The lowest BCUT2D eigenvalue weighted by atomic mass is 10.1. The number of pyridine rings is 1. The van der Waals surface area contributed by atoms with Crippen LogP contribution in [0.25, 0.3) is 22.2 Å². The second kappa shape index (κ2) is 10.2. The van der Waals surface area contributed by atoms with Crippen LogP contribution in [0, 0.1) is 0 Å². The van der Waals surface area contributed by atoms with Gasteiger partial charge in [0.1, 0.15) is 5.69 Å². The molecule has 3 heterocycles. The van der Waals surface area contributed by atoms with Gasteiger partial charge in [0.05, 0.1) is 10.8 Å². The second-order valence-corrected chi connectivity index (χ2v) is 9.78. The number of nitrogens with zero attached hydrogens (tertiary/aromatic N) is 3. The summed E-state index contributed by atoms with van der Waals surface area (Å²) in [5.41, 5.74) is 6.56. The molecule has 2 aromatic heterocycles. The predicted octanol–water partition coefficient (Wildman–Crippen LogP) is 5.60. The molecule has 1 atom stereocenters. The number of benzene rings is 2. The summed E-state index contributed by atoms with van der Waals surface area (Å²) in [5, 5.41) is 12.7. The molecule has 0 spiro atoms. The number of aryl methyl sites for hydroxylation is 1. The molecule has 33 heavy (non-hydrogen) atoms. The maximum absolute atomic E-state index is 4.52. The van der Waals surface area contributed by atoms with Crippen LogP contribution in [0.15, 0.2) is 85.3 Å². The van der Waals surface area contributed by atoms with Gasteiger partial charge in [-0.05, 0) is 55.3 Å². The van der Waals surface area contributed by atoms with Gasteiger partial charge in [-0.25, -0.2) is 0 Å². The first-order valence-corrected chi connectivity index (χ1v) is 12.5. The number of fused-ring (bicyclic) bond motifs is 1. The van der Waals surface area contributed by atoms with Crippen molar-refractivity contribution in [3.63, 3.8) is 0 Å². The van der Waals surface area contributed by atoms with Gasteiger partial charge >= 0.3 is 0 Å². The standard InChI is InChI=1S/C27H29N5S/c1-20(26-19-32(16-17-33-26)15-5-8-21-6-3-2-4-7-21)29-23-9-10-25-24(18-23)27(31-30-25)22-11-13-28-14-12-22/h2-4,6-7,9-14,18,26,29H,1,5,8,15-17,19H2,(H,30,31). The van der Waals surface area contributed by atoms with E-state index in [0.29, 0.717) is 5.25 Å². The van der Waals surface area contributed by atoms with Gasteiger partial charge in [-0.3, -0.25) is 10.1 Å². The zero-order chi connectivity index (χ0) is 22.5. The molecule has 0 radical (unpaired) electrons. The van der Waals surface area contributed by atoms with Crippen molar-refractivity contribution in [1.29, 1.82) is 0 Å². The summed E-state index contributed by atoms with van der Waals surface area (Å²) < 4.78 is 0. The molecule has 2 aromatic carbocycles. The maximum Gasteiger partial charge on any atom is 0.100 e. The highest BCUT2D eigenvalue weighted by Gasteiger charge is 2.22. The molecule has 1 fully saturated rings. The summed E-state index contributed by atoms with van der Waals surface area (Å²) in [5.74, 6) is 1.14. The van der Waals surface area contributed by atoms with Crippen LogP contribution in [0.4, 0.5) is 5.69 Å². The molecule has 1 aliphatic rings. The lowest BCUT2D eigenvalue weighted by Gasteiger charge is -2.33. The molecule has 2 N–H and O–H groups in total. The van der Waals surface area contributed by atoms with Crippen molar-refractivity contribution in [2.75, 3.05) is 30.7 Å². The summed E-state index contributed by atoms with van der Waals surface area (Å²) in [4.78, 5) is 6.70. The Labute approximate surface area is 199 Å². The highest BCUT2D eigenvalue weighted by Crippen LogP contribution is 2.30. The first-order chi connectivity index (χ1) is 16.3. The molecular formula is C27H29N5S. The molecule has 1 saturated heterocycles. The highest BCUT2D eigenvalue weighted by molar-refractivity contribution is 8.00. The van der Waals surface area contributed by atoms with Gasteiger partial charge in [0.2, 0.25) is 0 Å². The largest absolute Gasteiger partial charge is 0.358 e. The van der Waals surface area contributed by atoms with Crippen molar-refractivity contribution >= 4 is 28.4 Å². The Morgan fingerprint density at radius 2 is 1.97 bits per heavy atom. The fourth-order valence-corrected chi connectivity index (χ4v) is 5.58. The lowest BCUT2D eigenvalue weighted by Crippen LogP contribution is -2.40. The lowest BCUT2D eigenvalue weighted by molar-refractivity contribution is 0.286. The van der Waals surface area contributed by atoms with E-state index in [9.17, 15) is 0 Å². The number of thioether (sulfide) groups is 1. The predicted molar refractivity (Wildman–Crippen MR) is 140 cm³/mol. The van der Waals surface area contributed by atoms with Crippen LogP contribution in [0.3, 0.4) is 0 Å². The van der Waals surface area contributed by atoms with Gasteiger partial charge in [0, 0.05) is 53.6 Å². The third-order valence-electron chi connectivity index (χ3n) is 6.14. The maximum atomic E-state index is 4.52. The van der Waals surface area contributed by atoms with Crippen molar-refractivity contribution in [3.05, 3.63) is 90.9 Å². The highest BCUT2D eigenvalue weighted by atomic mass is 32.2. The Hall–Kier alpha value is -3.09. The number of anilines is 1. The summed E-state index contributed by atoms with van der Waals surface area (Å²) >= 11 is 2.00. The molecule has 4 aromatic rings. The first kappa shape index (κ1) is 21.7. The van der Waals surface area contributed by atoms with Gasteiger partial charge in [-0.2, -0.15) is 5.10 Å². The summed E-state index contributed by atoms with van der Waals surface area (Å²) in [7, 11) is 0. The molecule has 0 saturated carbocycles. The fraction of sp³-hybridized carbons (Fsp3) is 0.259. The zero-order valence-corrected chi connectivity index (χ0v) is 19.5. The Kier molecular flexibility index (Phi) is 6.74. The van der Waals surface area contributed by atoms with E-state index in [-0.39, 0.29) is 0 Å². The Morgan fingerprint density at radius 3 is 2.82 bits per heavy atom. The number of hydrogen-bond donors (Lipinski definition) is 2. The normalized spacial score (nSPS) is 16.7. The van der Waals surface area contributed by atoms with Gasteiger partial charge in [-0.1, -0.05) is 36.9 Å².